The van der Waals surface area contributed by atoms with E-state index < -0.39 is 41.7 Å². The third kappa shape index (κ3) is 3.92. The molecule has 2 aliphatic heterocycles. The summed E-state index contributed by atoms with van der Waals surface area (Å²) in [5.41, 5.74) is -0.210. The molecule has 2 fully saturated rings. The highest BCUT2D eigenvalue weighted by Gasteiger charge is 2.47. The average molecular weight is 390 g/mol. The van der Waals surface area contributed by atoms with Crippen LogP contribution in [0, 0.1) is 0 Å². The Bertz CT molecular complexity index is 813. The van der Waals surface area contributed by atoms with Crippen LogP contribution < -0.4 is 0 Å². The van der Waals surface area contributed by atoms with E-state index in [2.05, 4.69) is 0 Å². The molecule has 1 aromatic rings. The van der Waals surface area contributed by atoms with Crippen molar-refractivity contribution in [2.45, 2.75) is 51.4 Å². The van der Waals surface area contributed by atoms with E-state index in [9.17, 15) is 24.3 Å². The highest BCUT2D eigenvalue weighted by Crippen LogP contribution is 2.31. The van der Waals surface area contributed by atoms with E-state index in [-0.39, 0.29) is 25.1 Å². The standard InChI is InChI=1S/C19H22N2O7/c1-19(2,3)28-18(26)21-15(23)9-8-13(16(21)24)20-10-14(27-17(20)25)11-4-6-12(22)7-5-11/h4-7,13-14,22H,8-10H2,1-3H3. The molecule has 150 valence electrons. The summed E-state index contributed by atoms with van der Waals surface area (Å²) < 4.78 is 10.5. The van der Waals surface area contributed by atoms with E-state index in [0.717, 1.165) is 0 Å². The number of cyclic esters (lactones) is 1. The van der Waals surface area contributed by atoms with Gasteiger partial charge in [-0.25, -0.2) is 9.59 Å². The quantitative estimate of drug-likeness (QED) is 0.771. The Kier molecular flexibility index (Phi) is 5.01. The van der Waals surface area contributed by atoms with Crippen molar-refractivity contribution in [3.63, 3.8) is 0 Å². The maximum absolute atomic E-state index is 12.8. The Morgan fingerprint density at radius 2 is 1.82 bits per heavy atom. The van der Waals surface area contributed by atoms with Gasteiger partial charge in [0.05, 0.1) is 6.54 Å². The van der Waals surface area contributed by atoms with E-state index in [1.807, 2.05) is 0 Å². The number of hydrogen-bond acceptors (Lipinski definition) is 7. The third-order valence-corrected chi connectivity index (χ3v) is 4.44. The summed E-state index contributed by atoms with van der Waals surface area (Å²) in [6.07, 6.45) is -2.32. The molecule has 4 amide bonds. The number of benzene rings is 1. The second-order valence-corrected chi connectivity index (χ2v) is 7.72. The molecular weight excluding hydrogens is 368 g/mol. The van der Waals surface area contributed by atoms with Crippen molar-refractivity contribution in [3.05, 3.63) is 29.8 Å². The van der Waals surface area contributed by atoms with Crippen molar-refractivity contribution >= 4 is 24.0 Å². The van der Waals surface area contributed by atoms with Crippen LogP contribution in [-0.4, -0.2) is 57.1 Å². The normalized spacial score (nSPS) is 23.0. The number of hydrogen-bond donors (Lipinski definition) is 1. The first-order valence-corrected chi connectivity index (χ1v) is 8.93. The van der Waals surface area contributed by atoms with Gasteiger partial charge in [0, 0.05) is 6.42 Å². The minimum atomic E-state index is -1.05. The molecule has 0 aliphatic carbocycles. The lowest BCUT2D eigenvalue weighted by Crippen LogP contribution is -2.57. The van der Waals surface area contributed by atoms with Gasteiger partial charge < -0.3 is 14.6 Å². The molecule has 9 nitrogen and oxygen atoms in total. The molecule has 2 atom stereocenters. The first kappa shape index (κ1) is 19.7. The molecular formula is C19H22N2O7. The van der Waals surface area contributed by atoms with Gasteiger partial charge in [-0.1, -0.05) is 12.1 Å². The summed E-state index contributed by atoms with van der Waals surface area (Å²) in [6.45, 7) is 4.97. The smallest absolute Gasteiger partial charge is 0.424 e. The van der Waals surface area contributed by atoms with Gasteiger partial charge in [-0.15, -0.1) is 0 Å². The number of carbonyl (C=O) groups is 4. The number of nitrogens with zero attached hydrogens (tertiary/aromatic N) is 2. The maximum atomic E-state index is 12.8. The lowest BCUT2D eigenvalue weighted by molar-refractivity contribution is -0.150. The molecule has 1 aromatic carbocycles. The SMILES string of the molecule is CC(C)(C)OC(=O)N1C(=O)CCC(N2CC(c3ccc(O)cc3)OC2=O)C1=O. The molecule has 3 rings (SSSR count). The van der Waals surface area contributed by atoms with Crippen LogP contribution in [-0.2, 0) is 19.1 Å². The van der Waals surface area contributed by atoms with E-state index >= 15 is 0 Å². The molecule has 0 radical (unpaired) electrons. The zero-order chi connectivity index (χ0) is 20.6. The van der Waals surface area contributed by atoms with Crippen molar-refractivity contribution < 1.29 is 33.8 Å². The van der Waals surface area contributed by atoms with Gasteiger partial charge in [-0.3, -0.25) is 14.5 Å². The summed E-state index contributed by atoms with van der Waals surface area (Å²) in [4.78, 5) is 51.3. The Morgan fingerprint density at radius 1 is 1.18 bits per heavy atom. The predicted molar refractivity (Wildman–Crippen MR) is 95.1 cm³/mol. The number of likely N-dealkylation sites (tertiary alicyclic amines) is 1. The Morgan fingerprint density at radius 3 is 2.43 bits per heavy atom. The molecule has 0 spiro atoms. The van der Waals surface area contributed by atoms with Gasteiger partial charge >= 0.3 is 12.2 Å². The van der Waals surface area contributed by atoms with E-state index in [0.29, 0.717) is 10.5 Å². The molecule has 2 aliphatic rings. The highest BCUT2D eigenvalue weighted by atomic mass is 16.6. The summed E-state index contributed by atoms with van der Waals surface area (Å²) in [5.74, 6) is -1.37. The number of ether oxygens (including phenoxy) is 2. The zero-order valence-corrected chi connectivity index (χ0v) is 15.9. The maximum Gasteiger partial charge on any atom is 0.424 e. The van der Waals surface area contributed by atoms with Crippen LogP contribution in [0.5, 0.6) is 5.75 Å². The number of piperidine rings is 1. The second-order valence-electron chi connectivity index (χ2n) is 7.72. The van der Waals surface area contributed by atoms with E-state index in [1.54, 1.807) is 32.9 Å². The molecule has 0 bridgehead atoms. The molecule has 9 heteroatoms. The lowest BCUT2D eigenvalue weighted by atomic mass is 10.0. The fraction of sp³-hybridized carbons (Fsp3) is 0.474. The highest BCUT2D eigenvalue weighted by molar-refractivity contribution is 6.12. The van der Waals surface area contributed by atoms with Gasteiger partial charge in [0.15, 0.2) is 0 Å². The summed E-state index contributed by atoms with van der Waals surface area (Å²) in [5, 5.41) is 9.38. The van der Waals surface area contributed by atoms with E-state index in [4.69, 9.17) is 9.47 Å². The number of phenols is 1. The second kappa shape index (κ2) is 7.14. The largest absolute Gasteiger partial charge is 0.508 e. The first-order chi connectivity index (χ1) is 13.1. The summed E-state index contributed by atoms with van der Waals surface area (Å²) in [7, 11) is 0. The van der Waals surface area contributed by atoms with Gasteiger partial charge in [0.25, 0.3) is 5.91 Å². The molecule has 2 heterocycles. The monoisotopic (exact) mass is 390 g/mol. The van der Waals surface area contributed by atoms with Crippen molar-refractivity contribution in [1.82, 2.24) is 9.80 Å². The molecule has 28 heavy (non-hydrogen) atoms. The topological polar surface area (TPSA) is 113 Å². The Hall–Kier alpha value is -3.10. The fourth-order valence-electron chi connectivity index (χ4n) is 3.15. The zero-order valence-electron chi connectivity index (χ0n) is 15.9. The van der Waals surface area contributed by atoms with Gasteiger partial charge in [-0.2, -0.15) is 4.90 Å². The molecule has 1 N–H and O–H groups in total. The Balaban J connectivity index is 1.76. The lowest BCUT2D eigenvalue weighted by Gasteiger charge is -2.34. The molecule has 2 saturated heterocycles. The van der Waals surface area contributed by atoms with Crippen molar-refractivity contribution in [2.24, 2.45) is 0 Å². The van der Waals surface area contributed by atoms with Gasteiger partial charge in [0.2, 0.25) is 5.91 Å². The van der Waals surface area contributed by atoms with Crippen LogP contribution in [0.3, 0.4) is 0 Å². The molecule has 0 aromatic heterocycles. The number of rotatable bonds is 2. The number of imide groups is 3. The van der Waals surface area contributed by atoms with Crippen LogP contribution in [0.15, 0.2) is 24.3 Å². The predicted octanol–water partition coefficient (Wildman–Crippen LogP) is 2.34. The van der Waals surface area contributed by atoms with Gasteiger partial charge in [-0.05, 0) is 44.9 Å². The van der Waals surface area contributed by atoms with Crippen molar-refractivity contribution in [3.8, 4) is 5.75 Å². The van der Waals surface area contributed by atoms with Crippen molar-refractivity contribution in [2.75, 3.05) is 6.54 Å². The van der Waals surface area contributed by atoms with Crippen molar-refractivity contribution in [1.29, 1.82) is 0 Å². The minimum absolute atomic E-state index is 0.0662. The average Bonchev–Trinajstić information content (AvgIpc) is 2.95. The van der Waals surface area contributed by atoms with E-state index in [1.165, 1.54) is 17.0 Å². The van der Waals surface area contributed by atoms with Crippen LogP contribution in [0.25, 0.3) is 0 Å². The number of carbonyl (C=O) groups excluding carboxylic acids is 4. The summed E-state index contributed by atoms with van der Waals surface area (Å²) in [6, 6.07) is 5.20. The molecule has 2 unspecified atom stereocenters. The van der Waals surface area contributed by atoms with Crippen LogP contribution in [0.1, 0.15) is 45.3 Å². The number of amides is 4. The number of aromatic hydroxyl groups is 1. The van der Waals surface area contributed by atoms with Gasteiger partial charge in [0.1, 0.15) is 23.5 Å². The Labute approximate surface area is 161 Å². The molecule has 0 saturated carbocycles. The number of phenolic OH excluding ortho intramolecular Hbond substituents is 1. The minimum Gasteiger partial charge on any atom is -0.508 e. The van der Waals surface area contributed by atoms with Crippen LogP contribution in [0.4, 0.5) is 9.59 Å². The van der Waals surface area contributed by atoms with Crippen LogP contribution in [0.2, 0.25) is 0 Å². The van der Waals surface area contributed by atoms with Crippen LogP contribution >= 0.6 is 0 Å². The summed E-state index contributed by atoms with van der Waals surface area (Å²) >= 11 is 0. The first-order valence-electron chi connectivity index (χ1n) is 8.93. The fourth-order valence-corrected chi connectivity index (χ4v) is 3.15. The third-order valence-electron chi connectivity index (χ3n) is 4.44.